The first-order valence-corrected chi connectivity index (χ1v) is 8.11. The van der Waals surface area contributed by atoms with Gasteiger partial charge in [-0.2, -0.15) is 0 Å². The van der Waals surface area contributed by atoms with Crippen molar-refractivity contribution in [3.05, 3.63) is 57.2 Å². The molecule has 1 heterocycles. The van der Waals surface area contributed by atoms with Gasteiger partial charge < -0.3 is 10.2 Å². The first-order chi connectivity index (χ1) is 9.66. The zero-order chi connectivity index (χ0) is 14.4. The normalized spacial score (nSPS) is 12.8. The third kappa shape index (κ3) is 4.60. The molecule has 0 radical (unpaired) electrons. The number of hydrogen-bond donors (Lipinski definition) is 1. The summed E-state index contributed by atoms with van der Waals surface area (Å²) >= 11 is 7.98. The Morgan fingerprint density at radius 2 is 2.05 bits per heavy atom. The molecule has 2 nitrogen and oxygen atoms in total. The van der Waals surface area contributed by atoms with E-state index in [1.165, 1.54) is 10.4 Å². The van der Waals surface area contributed by atoms with E-state index in [1.54, 1.807) is 11.3 Å². The van der Waals surface area contributed by atoms with Gasteiger partial charge in [0, 0.05) is 35.6 Å². The Morgan fingerprint density at radius 3 is 2.75 bits per heavy atom. The van der Waals surface area contributed by atoms with Gasteiger partial charge in [0.05, 0.1) is 0 Å². The third-order valence-corrected chi connectivity index (χ3v) is 4.74. The fourth-order valence-electron chi connectivity index (χ4n) is 2.11. The average molecular weight is 309 g/mol. The summed E-state index contributed by atoms with van der Waals surface area (Å²) in [5.74, 6) is 0. The summed E-state index contributed by atoms with van der Waals surface area (Å²) in [4.78, 5) is 3.67. The molecular formula is C16H21ClN2S. The molecule has 1 unspecified atom stereocenters. The van der Waals surface area contributed by atoms with E-state index in [4.69, 9.17) is 11.6 Å². The summed E-state index contributed by atoms with van der Waals surface area (Å²) in [5, 5.41) is 6.52. The number of rotatable bonds is 7. The predicted molar refractivity (Wildman–Crippen MR) is 88.5 cm³/mol. The average Bonchev–Trinajstić information content (AvgIpc) is 2.95. The molecule has 1 atom stereocenters. The van der Waals surface area contributed by atoms with Crippen LogP contribution in [0.1, 0.15) is 23.4 Å². The summed E-state index contributed by atoms with van der Waals surface area (Å²) in [5.41, 5.74) is 1.18. The molecule has 0 aliphatic carbocycles. The first-order valence-electron chi connectivity index (χ1n) is 6.85. The second-order valence-corrected chi connectivity index (χ2v) is 6.41. The molecule has 0 aliphatic rings. The van der Waals surface area contributed by atoms with Crippen LogP contribution in [-0.4, -0.2) is 25.0 Å². The molecule has 0 amide bonds. The Bertz CT molecular complexity index is 513. The minimum absolute atomic E-state index is 0.420. The molecule has 20 heavy (non-hydrogen) atoms. The third-order valence-electron chi connectivity index (χ3n) is 3.31. The molecule has 108 valence electrons. The minimum Gasteiger partial charge on any atom is -0.308 e. The van der Waals surface area contributed by atoms with E-state index in [9.17, 15) is 0 Å². The molecule has 1 aromatic carbocycles. The Hall–Kier alpha value is -0.870. The SMILES string of the molecule is CC(NCCN(C)Cc1ccccc1Cl)c1cccs1. The van der Waals surface area contributed by atoms with E-state index >= 15 is 0 Å². The van der Waals surface area contributed by atoms with Crippen LogP contribution in [-0.2, 0) is 6.54 Å². The molecule has 2 rings (SSSR count). The number of nitrogens with one attached hydrogen (secondary N) is 1. The molecule has 0 bridgehead atoms. The topological polar surface area (TPSA) is 15.3 Å². The Balaban J connectivity index is 1.73. The number of likely N-dealkylation sites (N-methyl/N-ethyl adjacent to an activating group) is 1. The van der Waals surface area contributed by atoms with Crippen LogP contribution in [0, 0.1) is 0 Å². The highest BCUT2D eigenvalue weighted by Crippen LogP contribution is 2.18. The van der Waals surface area contributed by atoms with Crippen molar-refractivity contribution in [2.45, 2.75) is 19.5 Å². The van der Waals surface area contributed by atoms with Gasteiger partial charge in [0.15, 0.2) is 0 Å². The number of benzene rings is 1. The van der Waals surface area contributed by atoms with E-state index in [1.807, 2.05) is 18.2 Å². The maximum absolute atomic E-state index is 6.18. The highest BCUT2D eigenvalue weighted by atomic mass is 35.5. The van der Waals surface area contributed by atoms with E-state index in [0.717, 1.165) is 24.7 Å². The molecule has 0 saturated heterocycles. The molecule has 0 spiro atoms. The maximum atomic E-state index is 6.18. The van der Waals surface area contributed by atoms with Crippen molar-refractivity contribution < 1.29 is 0 Å². The summed E-state index contributed by atoms with van der Waals surface area (Å²) in [6.45, 7) is 5.07. The van der Waals surface area contributed by atoms with E-state index in [0.29, 0.717) is 6.04 Å². The van der Waals surface area contributed by atoms with Crippen LogP contribution in [0.3, 0.4) is 0 Å². The van der Waals surface area contributed by atoms with Crippen LogP contribution in [0.4, 0.5) is 0 Å². The van der Waals surface area contributed by atoms with Crippen molar-refractivity contribution in [2.24, 2.45) is 0 Å². The van der Waals surface area contributed by atoms with Crippen molar-refractivity contribution >= 4 is 22.9 Å². The Labute approximate surface area is 130 Å². The fraction of sp³-hybridized carbons (Fsp3) is 0.375. The smallest absolute Gasteiger partial charge is 0.0451 e. The van der Waals surface area contributed by atoms with Crippen LogP contribution in [0.2, 0.25) is 5.02 Å². The van der Waals surface area contributed by atoms with E-state index in [-0.39, 0.29) is 0 Å². The highest BCUT2D eigenvalue weighted by Gasteiger charge is 2.07. The summed E-state index contributed by atoms with van der Waals surface area (Å²) in [7, 11) is 2.13. The van der Waals surface area contributed by atoms with Gasteiger partial charge in [-0.25, -0.2) is 0 Å². The summed E-state index contributed by atoms with van der Waals surface area (Å²) in [6, 6.07) is 12.7. The van der Waals surface area contributed by atoms with Gasteiger partial charge in [0.1, 0.15) is 0 Å². The molecule has 0 aliphatic heterocycles. The minimum atomic E-state index is 0.420. The molecule has 1 N–H and O–H groups in total. The summed E-state index contributed by atoms with van der Waals surface area (Å²) in [6.07, 6.45) is 0. The van der Waals surface area contributed by atoms with Gasteiger partial charge in [-0.15, -0.1) is 11.3 Å². The number of hydrogen-bond acceptors (Lipinski definition) is 3. The highest BCUT2D eigenvalue weighted by molar-refractivity contribution is 7.10. The number of halogens is 1. The lowest BCUT2D eigenvalue weighted by molar-refractivity contribution is 0.319. The molecule has 1 aromatic heterocycles. The zero-order valence-corrected chi connectivity index (χ0v) is 13.5. The van der Waals surface area contributed by atoms with Crippen molar-refractivity contribution in [1.82, 2.24) is 10.2 Å². The van der Waals surface area contributed by atoms with Crippen LogP contribution < -0.4 is 5.32 Å². The lowest BCUT2D eigenvalue weighted by Crippen LogP contribution is -2.30. The van der Waals surface area contributed by atoms with E-state index < -0.39 is 0 Å². The molecule has 0 fully saturated rings. The second-order valence-electron chi connectivity index (χ2n) is 5.02. The standard InChI is InChI=1S/C16H21ClN2S/c1-13(16-8-5-11-20-16)18-9-10-19(2)12-14-6-3-4-7-15(14)17/h3-8,11,13,18H,9-10,12H2,1-2H3. The van der Waals surface area contributed by atoms with Crippen LogP contribution in [0.25, 0.3) is 0 Å². The fourth-order valence-corrected chi connectivity index (χ4v) is 3.06. The van der Waals surface area contributed by atoms with Crippen molar-refractivity contribution in [1.29, 1.82) is 0 Å². The zero-order valence-electron chi connectivity index (χ0n) is 12.0. The van der Waals surface area contributed by atoms with Gasteiger partial charge in [0.25, 0.3) is 0 Å². The molecule has 2 aromatic rings. The first kappa shape index (κ1) is 15.5. The van der Waals surface area contributed by atoms with Crippen LogP contribution >= 0.6 is 22.9 Å². The largest absolute Gasteiger partial charge is 0.308 e. The monoisotopic (exact) mass is 308 g/mol. The van der Waals surface area contributed by atoms with Crippen LogP contribution in [0.15, 0.2) is 41.8 Å². The van der Waals surface area contributed by atoms with Gasteiger partial charge in [-0.05, 0) is 37.0 Å². The lowest BCUT2D eigenvalue weighted by Gasteiger charge is -2.19. The molecular weight excluding hydrogens is 288 g/mol. The molecule has 0 saturated carbocycles. The van der Waals surface area contributed by atoms with Gasteiger partial charge in [-0.1, -0.05) is 35.9 Å². The summed E-state index contributed by atoms with van der Waals surface area (Å²) < 4.78 is 0. The lowest BCUT2D eigenvalue weighted by atomic mass is 10.2. The van der Waals surface area contributed by atoms with Gasteiger partial charge >= 0.3 is 0 Å². The van der Waals surface area contributed by atoms with Crippen molar-refractivity contribution in [3.63, 3.8) is 0 Å². The van der Waals surface area contributed by atoms with E-state index in [2.05, 4.69) is 47.8 Å². The molecule has 4 heteroatoms. The predicted octanol–water partition coefficient (Wildman–Crippen LogP) is 4.18. The van der Waals surface area contributed by atoms with Crippen molar-refractivity contribution in [2.75, 3.05) is 20.1 Å². The number of nitrogens with zero attached hydrogens (tertiary/aromatic N) is 1. The Kier molecular flexibility index (Phi) is 6.05. The second kappa shape index (κ2) is 7.79. The Morgan fingerprint density at radius 1 is 1.25 bits per heavy atom. The quantitative estimate of drug-likeness (QED) is 0.825. The van der Waals surface area contributed by atoms with Gasteiger partial charge in [-0.3, -0.25) is 0 Å². The number of thiophene rings is 1. The maximum Gasteiger partial charge on any atom is 0.0451 e. The van der Waals surface area contributed by atoms with Crippen LogP contribution in [0.5, 0.6) is 0 Å². The van der Waals surface area contributed by atoms with Gasteiger partial charge in [0.2, 0.25) is 0 Å². The van der Waals surface area contributed by atoms with Crippen molar-refractivity contribution in [3.8, 4) is 0 Å².